The fourth-order valence-corrected chi connectivity index (χ4v) is 2.44. The summed E-state index contributed by atoms with van der Waals surface area (Å²) in [5.41, 5.74) is 0. The van der Waals surface area contributed by atoms with Crippen molar-refractivity contribution in [3.05, 3.63) is 0 Å². The Labute approximate surface area is 83.3 Å². The van der Waals surface area contributed by atoms with E-state index in [1.807, 2.05) is 0 Å². The van der Waals surface area contributed by atoms with Crippen LogP contribution in [0.4, 0.5) is 0 Å². The molecule has 0 aliphatic heterocycles. The van der Waals surface area contributed by atoms with Crippen LogP contribution >= 0.6 is 0 Å². The minimum Gasteiger partial charge on any atom is -0.317 e. The summed E-state index contributed by atoms with van der Waals surface area (Å²) in [6.07, 6.45) is 8.84. The summed E-state index contributed by atoms with van der Waals surface area (Å²) in [5, 5.41) is 3.35. The molecule has 2 unspecified atom stereocenters. The SMILES string of the molecule is CNC(C)C(C)CC1CCCCC1. The van der Waals surface area contributed by atoms with Gasteiger partial charge in [-0.15, -0.1) is 0 Å². The van der Waals surface area contributed by atoms with E-state index in [1.165, 1.54) is 38.5 Å². The van der Waals surface area contributed by atoms with Gasteiger partial charge in [0.15, 0.2) is 0 Å². The zero-order valence-electron chi connectivity index (χ0n) is 9.47. The fraction of sp³-hybridized carbons (Fsp3) is 1.00. The van der Waals surface area contributed by atoms with Gasteiger partial charge in [0.2, 0.25) is 0 Å². The molecule has 0 saturated heterocycles. The smallest absolute Gasteiger partial charge is 0.00614 e. The van der Waals surface area contributed by atoms with Gasteiger partial charge in [0.25, 0.3) is 0 Å². The van der Waals surface area contributed by atoms with E-state index >= 15 is 0 Å². The molecule has 0 amide bonds. The highest BCUT2D eigenvalue weighted by atomic mass is 14.9. The summed E-state index contributed by atoms with van der Waals surface area (Å²) in [6, 6.07) is 0.682. The number of rotatable bonds is 4. The molecule has 1 heteroatoms. The Kier molecular flexibility index (Phi) is 4.79. The summed E-state index contributed by atoms with van der Waals surface area (Å²) >= 11 is 0. The Morgan fingerprint density at radius 1 is 1.15 bits per heavy atom. The maximum Gasteiger partial charge on any atom is 0.00614 e. The Morgan fingerprint density at radius 3 is 2.31 bits per heavy atom. The van der Waals surface area contributed by atoms with Gasteiger partial charge < -0.3 is 5.32 Å². The minimum absolute atomic E-state index is 0.682. The van der Waals surface area contributed by atoms with Crippen LogP contribution in [0.15, 0.2) is 0 Å². The maximum absolute atomic E-state index is 3.35. The Balaban J connectivity index is 2.21. The normalized spacial score (nSPS) is 24.2. The van der Waals surface area contributed by atoms with Crippen LogP contribution < -0.4 is 5.32 Å². The molecule has 1 saturated carbocycles. The number of nitrogens with one attached hydrogen (secondary N) is 1. The van der Waals surface area contributed by atoms with Crippen LogP contribution in [-0.4, -0.2) is 13.1 Å². The van der Waals surface area contributed by atoms with Gasteiger partial charge in [0.1, 0.15) is 0 Å². The van der Waals surface area contributed by atoms with Crippen molar-refractivity contribution in [2.45, 2.75) is 58.4 Å². The predicted molar refractivity (Wildman–Crippen MR) is 58.9 cm³/mol. The van der Waals surface area contributed by atoms with Crippen molar-refractivity contribution >= 4 is 0 Å². The van der Waals surface area contributed by atoms with Crippen molar-refractivity contribution < 1.29 is 0 Å². The van der Waals surface area contributed by atoms with Gasteiger partial charge in [-0.3, -0.25) is 0 Å². The average molecular weight is 183 g/mol. The molecule has 1 rings (SSSR count). The van der Waals surface area contributed by atoms with E-state index in [0.29, 0.717) is 6.04 Å². The van der Waals surface area contributed by atoms with Gasteiger partial charge in [-0.25, -0.2) is 0 Å². The molecule has 1 aliphatic rings. The van der Waals surface area contributed by atoms with E-state index < -0.39 is 0 Å². The van der Waals surface area contributed by atoms with Crippen LogP contribution in [-0.2, 0) is 0 Å². The molecular formula is C12H25N. The lowest BCUT2D eigenvalue weighted by Crippen LogP contribution is -2.30. The monoisotopic (exact) mass is 183 g/mol. The minimum atomic E-state index is 0.682. The highest BCUT2D eigenvalue weighted by molar-refractivity contribution is 4.73. The Hall–Kier alpha value is -0.0400. The highest BCUT2D eigenvalue weighted by Gasteiger charge is 2.18. The third kappa shape index (κ3) is 3.68. The van der Waals surface area contributed by atoms with Crippen molar-refractivity contribution in [3.8, 4) is 0 Å². The second kappa shape index (κ2) is 5.64. The Morgan fingerprint density at radius 2 is 1.77 bits per heavy atom. The molecule has 0 aromatic heterocycles. The number of hydrogen-bond acceptors (Lipinski definition) is 1. The van der Waals surface area contributed by atoms with Gasteiger partial charge in [-0.1, -0.05) is 39.0 Å². The first-order chi connectivity index (χ1) is 6.24. The summed E-state index contributed by atoms with van der Waals surface area (Å²) in [5.74, 6) is 1.87. The predicted octanol–water partition coefficient (Wildman–Crippen LogP) is 3.20. The average Bonchev–Trinajstić information content (AvgIpc) is 2.18. The van der Waals surface area contributed by atoms with Crippen LogP contribution in [0, 0.1) is 11.8 Å². The van der Waals surface area contributed by atoms with E-state index in [1.54, 1.807) is 0 Å². The van der Waals surface area contributed by atoms with Crippen LogP contribution in [0.3, 0.4) is 0 Å². The van der Waals surface area contributed by atoms with E-state index in [-0.39, 0.29) is 0 Å². The second-order valence-electron chi connectivity index (χ2n) is 4.79. The summed E-state index contributed by atoms with van der Waals surface area (Å²) < 4.78 is 0. The van der Waals surface area contributed by atoms with Crippen molar-refractivity contribution in [3.63, 3.8) is 0 Å². The van der Waals surface area contributed by atoms with E-state index in [9.17, 15) is 0 Å². The van der Waals surface area contributed by atoms with Crippen molar-refractivity contribution in [2.24, 2.45) is 11.8 Å². The van der Waals surface area contributed by atoms with E-state index in [4.69, 9.17) is 0 Å². The third-order valence-corrected chi connectivity index (χ3v) is 3.74. The first kappa shape index (κ1) is 11.0. The lowest BCUT2D eigenvalue weighted by Gasteiger charge is -2.27. The van der Waals surface area contributed by atoms with E-state index in [2.05, 4.69) is 26.2 Å². The first-order valence-electron chi connectivity index (χ1n) is 5.91. The standard InChI is InChI=1S/C12H25N/c1-10(11(2)13-3)9-12-7-5-4-6-8-12/h10-13H,4-9H2,1-3H3. The third-order valence-electron chi connectivity index (χ3n) is 3.74. The summed E-state index contributed by atoms with van der Waals surface area (Å²) in [6.45, 7) is 4.68. The van der Waals surface area contributed by atoms with Crippen LogP contribution in [0.5, 0.6) is 0 Å². The van der Waals surface area contributed by atoms with Gasteiger partial charge in [0.05, 0.1) is 0 Å². The molecule has 1 N–H and O–H groups in total. The maximum atomic E-state index is 3.35. The lowest BCUT2D eigenvalue weighted by molar-refractivity contribution is 0.268. The van der Waals surface area contributed by atoms with Crippen molar-refractivity contribution in [1.29, 1.82) is 0 Å². The molecule has 0 spiro atoms. The zero-order valence-corrected chi connectivity index (χ0v) is 9.47. The second-order valence-corrected chi connectivity index (χ2v) is 4.79. The van der Waals surface area contributed by atoms with Gasteiger partial charge in [0, 0.05) is 6.04 Å². The molecule has 1 fully saturated rings. The van der Waals surface area contributed by atoms with Crippen molar-refractivity contribution in [1.82, 2.24) is 5.32 Å². The molecule has 13 heavy (non-hydrogen) atoms. The summed E-state index contributed by atoms with van der Waals surface area (Å²) in [4.78, 5) is 0. The van der Waals surface area contributed by atoms with Gasteiger partial charge in [-0.2, -0.15) is 0 Å². The highest BCUT2D eigenvalue weighted by Crippen LogP contribution is 2.29. The van der Waals surface area contributed by atoms with Crippen LogP contribution in [0.2, 0.25) is 0 Å². The fourth-order valence-electron chi connectivity index (χ4n) is 2.44. The van der Waals surface area contributed by atoms with Gasteiger partial charge >= 0.3 is 0 Å². The summed E-state index contributed by atoms with van der Waals surface area (Å²) in [7, 11) is 2.07. The van der Waals surface area contributed by atoms with Crippen LogP contribution in [0.25, 0.3) is 0 Å². The number of hydrogen-bond donors (Lipinski definition) is 1. The largest absolute Gasteiger partial charge is 0.317 e. The van der Waals surface area contributed by atoms with Gasteiger partial charge in [-0.05, 0) is 32.2 Å². The molecule has 0 radical (unpaired) electrons. The first-order valence-corrected chi connectivity index (χ1v) is 5.91. The molecule has 0 heterocycles. The molecule has 2 atom stereocenters. The van der Waals surface area contributed by atoms with E-state index in [0.717, 1.165) is 11.8 Å². The topological polar surface area (TPSA) is 12.0 Å². The molecule has 0 aromatic carbocycles. The molecular weight excluding hydrogens is 158 g/mol. The zero-order chi connectivity index (χ0) is 9.68. The molecule has 78 valence electrons. The Bertz CT molecular complexity index is 127. The molecule has 1 aliphatic carbocycles. The molecule has 0 aromatic rings. The quantitative estimate of drug-likeness (QED) is 0.706. The van der Waals surface area contributed by atoms with Crippen LogP contribution in [0.1, 0.15) is 52.4 Å². The lowest BCUT2D eigenvalue weighted by atomic mass is 9.81. The molecule has 0 bridgehead atoms. The molecule has 1 nitrogen and oxygen atoms in total. The van der Waals surface area contributed by atoms with Crippen molar-refractivity contribution in [2.75, 3.05) is 7.05 Å².